The summed E-state index contributed by atoms with van der Waals surface area (Å²) >= 11 is 1.48. The fourth-order valence-electron chi connectivity index (χ4n) is 2.96. The van der Waals surface area contributed by atoms with E-state index in [0.717, 1.165) is 34.2 Å². The number of hydrogen-bond donors (Lipinski definition) is 1. The van der Waals surface area contributed by atoms with Gasteiger partial charge < -0.3 is 10.2 Å². The van der Waals surface area contributed by atoms with Gasteiger partial charge >= 0.3 is 0 Å². The number of carbonyl (C=O) groups excluding carboxylic acids is 2. The molecule has 2 heterocycles. The van der Waals surface area contributed by atoms with Gasteiger partial charge in [0.1, 0.15) is 0 Å². The van der Waals surface area contributed by atoms with E-state index in [1.54, 1.807) is 0 Å². The lowest BCUT2D eigenvalue weighted by Gasteiger charge is -2.21. The Kier molecular flexibility index (Phi) is 5.30. The molecule has 4 nitrogen and oxygen atoms in total. The van der Waals surface area contributed by atoms with Crippen LogP contribution in [0.5, 0.6) is 0 Å². The van der Waals surface area contributed by atoms with E-state index < -0.39 is 0 Å². The first-order chi connectivity index (χ1) is 11.6. The number of ketones is 1. The molecule has 3 rings (SSSR count). The van der Waals surface area contributed by atoms with Crippen molar-refractivity contribution in [2.75, 3.05) is 23.3 Å². The minimum Gasteiger partial charge on any atom is -0.370 e. The van der Waals surface area contributed by atoms with Gasteiger partial charge in [-0.3, -0.25) is 9.59 Å². The number of carbonyl (C=O) groups is 2. The molecule has 0 spiro atoms. The normalized spacial score (nSPS) is 14.0. The molecule has 5 heteroatoms. The summed E-state index contributed by atoms with van der Waals surface area (Å²) in [5, 5.41) is 2.97. The zero-order valence-electron chi connectivity index (χ0n) is 13.9. The van der Waals surface area contributed by atoms with Crippen molar-refractivity contribution in [3.05, 3.63) is 46.2 Å². The van der Waals surface area contributed by atoms with Gasteiger partial charge in [-0.05, 0) is 44.0 Å². The van der Waals surface area contributed by atoms with E-state index in [4.69, 9.17) is 0 Å². The summed E-state index contributed by atoms with van der Waals surface area (Å²) in [6, 6.07) is 11.7. The van der Waals surface area contributed by atoms with Crippen LogP contribution in [-0.4, -0.2) is 24.8 Å². The molecule has 0 saturated carbocycles. The zero-order valence-corrected chi connectivity index (χ0v) is 14.7. The lowest BCUT2D eigenvalue weighted by molar-refractivity contribution is -0.116. The molecular weight excluding hydrogens is 320 g/mol. The van der Waals surface area contributed by atoms with E-state index in [-0.39, 0.29) is 24.5 Å². The van der Waals surface area contributed by atoms with E-state index in [1.165, 1.54) is 24.2 Å². The van der Waals surface area contributed by atoms with Crippen molar-refractivity contribution >= 4 is 34.4 Å². The fourth-order valence-corrected chi connectivity index (χ4v) is 3.80. The number of rotatable bonds is 6. The van der Waals surface area contributed by atoms with Crippen LogP contribution >= 0.6 is 11.3 Å². The summed E-state index contributed by atoms with van der Waals surface area (Å²) in [6.07, 6.45) is 2.84. The molecular formula is C19H22N2O2S. The maximum atomic E-state index is 12.2. The number of nitrogens with one attached hydrogen (secondary N) is 1. The maximum absolute atomic E-state index is 12.2. The van der Waals surface area contributed by atoms with Gasteiger partial charge in [-0.25, -0.2) is 0 Å². The van der Waals surface area contributed by atoms with Gasteiger partial charge in [0.2, 0.25) is 5.91 Å². The Labute approximate surface area is 146 Å². The first-order valence-electron chi connectivity index (χ1n) is 8.37. The molecule has 1 saturated heterocycles. The molecule has 1 aromatic heterocycles. The summed E-state index contributed by atoms with van der Waals surface area (Å²) in [7, 11) is 0. The average Bonchev–Trinajstić information content (AvgIpc) is 3.25. The highest BCUT2D eigenvalue weighted by molar-refractivity contribution is 7.14. The largest absolute Gasteiger partial charge is 0.370 e. The number of para-hydroxylation sites is 2. The molecule has 2 aromatic rings. The van der Waals surface area contributed by atoms with E-state index in [2.05, 4.69) is 10.2 Å². The highest BCUT2D eigenvalue weighted by atomic mass is 32.1. The SMILES string of the molecule is Cc1ccc(C(=O)CCC(=O)Nc2ccccc2N2CCCC2)s1. The fraction of sp³-hybridized carbons (Fsp3) is 0.368. The molecule has 1 amide bonds. The third-order valence-electron chi connectivity index (χ3n) is 4.22. The molecule has 0 aliphatic carbocycles. The third-order valence-corrected chi connectivity index (χ3v) is 5.26. The monoisotopic (exact) mass is 342 g/mol. The van der Waals surface area contributed by atoms with Gasteiger partial charge in [0.15, 0.2) is 5.78 Å². The Hall–Kier alpha value is -2.14. The number of hydrogen-bond acceptors (Lipinski definition) is 4. The van der Waals surface area contributed by atoms with Gasteiger partial charge in [-0.15, -0.1) is 11.3 Å². The smallest absolute Gasteiger partial charge is 0.224 e. The van der Waals surface area contributed by atoms with Gasteiger partial charge in [0.05, 0.1) is 16.3 Å². The van der Waals surface area contributed by atoms with Gasteiger partial charge in [0.25, 0.3) is 0 Å². The Morgan fingerprint density at radius 1 is 1.08 bits per heavy atom. The number of benzene rings is 1. The molecule has 0 unspecified atom stereocenters. The minimum atomic E-state index is -0.108. The molecule has 1 aromatic carbocycles. The number of thiophene rings is 1. The van der Waals surface area contributed by atoms with Gasteiger partial charge in [0, 0.05) is 30.8 Å². The summed E-state index contributed by atoms with van der Waals surface area (Å²) in [4.78, 5) is 28.5. The van der Waals surface area contributed by atoms with Crippen molar-refractivity contribution in [1.29, 1.82) is 0 Å². The Morgan fingerprint density at radius 2 is 1.83 bits per heavy atom. The quantitative estimate of drug-likeness (QED) is 0.798. The van der Waals surface area contributed by atoms with E-state index in [1.807, 2.05) is 43.3 Å². The number of aryl methyl sites for hydroxylation is 1. The standard InChI is InChI=1S/C19H22N2O2S/c1-14-8-10-18(24-14)17(22)9-11-19(23)20-15-6-2-3-7-16(15)21-12-4-5-13-21/h2-3,6-8,10H,4-5,9,11-13H2,1H3,(H,20,23). The Balaban J connectivity index is 1.58. The summed E-state index contributed by atoms with van der Waals surface area (Å²) in [5.41, 5.74) is 1.91. The predicted molar refractivity (Wildman–Crippen MR) is 99.1 cm³/mol. The van der Waals surface area contributed by atoms with E-state index >= 15 is 0 Å². The third kappa shape index (κ3) is 4.03. The highest BCUT2D eigenvalue weighted by Crippen LogP contribution is 2.28. The Morgan fingerprint density at radius 3 is 2.54 bits per heavy atom. The molecule has 1 aliphatic heterocycles. The predicted octanol–water partition coefficient (Wildman–Crippen LogP) is 4.26. The maximum Gasteiger partial charge on any atom is 0.224 e. The number of amides is 1. The second-order valence-electron chi connectivity index (χ2n) is 6.09. The average molecular weight is 342 g/mol. The van der Waals surface area contributed by atoms with Crippen LogP contribution in [0.15, 0.2) is 36.4 Å². The first kappa shape index (κ1) is 16.7. The van der Waals surface area contributed by atoms with Crippen molar-refractivity contribution in [2.24, 2.45) is 0 Å². The number of Topliss-reactive ketones (excluding diaryl/α,β-unsaturated/α-hetero) is 1. The van der Waals surface area contributed by atoms with Crippen molar-refractivity contribution in [1.82, 2.24) is 0 Å². The molecule has 1 aliphatic rings. The van der Waals surface area contributed by atoms with Crippen LogP contribution in [0.2, 0.25) is 0 Å². The zero-order chi connectivity index (χ0) is 16.9. The lowest BCUT2D eigenvalue weighted by atomic mass is 10.1. The highest BCUT2D eigenvalue weighted by Gasteiger charge is 2.17. The second kappa shape index (κ2) is 7.62. The molecule has 0 bridgehead atoms. The van der Waals surface area contributed by atoms with Crippen molar-refractivity contribution in [3.8, 4) is 0 Å². The molecule has 126 valence electrons. The molecule has 24 heavy (non-hydrogen) atoms. The topological polar surface area (TPSA) is 49.4 Å². The van der Waals surface area contributed by atoms with Crippen LogP contribution in [-0.2, 0) is 4.79 Å². The van der Waals surface area contributed by atoms with Crippen LogP contribution in [0.1, 0.15) is 40.2 Å². The van der Waals surface area contributed by atoms with Crippen molar-refractivity contribution in [2.45, 2.75) is 32.6 Å². The van der Waals surface area contributed by atoms with Crippen LogP contribution < -0.4 is 10.2 Å². The van der Waals surface area contributed by atoms with E-state index in [9.17, 15) is 9.59 Å². The molecule has 0 radical (unpaired) electrons. The molecule has 1 fully saturated rings. The number of anilines is 2. The summed E-state index contributed by atoms with van der Waals surface area (Å²) < 4.78 is 0. The molecule has 1 N–H and O–H groups in total. The molecule has 0 atom stereocenters. The van der Waals surface area contributed by atoms with E-state index in [0.29, 0.717) is 0 Å². The van der Waals surface area contributed by atoms with Crippen molar-refractivity contribution < 1.29 is 9.59 Å². The van der Waals surface area contributed by atoms with Gasteiger partial charge in [-0.2, -0.15) is 0 Å². The van der Waals surface area contributed by atoms with Crippen LogP contribution in [0.25, 0.3) is 0 Å². The van der Waals surface area contributed by atoms with Crippen LogP contribution in [0.3, 0.4) is 0 Å². The van der Waals surface area contributed by atoms with Gasteiger partial charge in [-0.1, -0.05) is 12.1 Å². The lowest BCUT2D eigenvalue weighted by Crippen LogP contribution is -2.21. The van der Waals surface area contributed by atoms with Crippen molar-refractivity contribution in [3.63, 3.8) is 0 Å². The number of nitrogens with zero attached hydrogens (tertiary/aromatic N) is 1. The summed E-state index contributed by atoms with van der Waals surface area (Å²) in [5.74, 6) is -0.0700. The second-order valence-corrected chi connectivity index (χ2v) is 7.38. The minimum absolute atomic E-state index is 0.0380. The summed E-state index contributed by atoms with van der Waals surface area (Å²) in [6.45, 7) is 4.04. The Bertz CT molecular complexity index is 732. The van der Waals surface area contributed by atoms with Crippen LogP contribution in [0.4, 0.5) is 11.4 Å². The first-order valence-corrected chi connectivity index (χ1v) is 9.18. The van der Waals surface area contributed by atoms with Crippen LogP contribution in [0, 0.1) is 6.92 Å².